The minimum atomic E-state index is -0.991. The Labute approximate surface area is 96.7 Å². The molecule has 1 aromatic heterocycles. The largest absolute Gasteiger partial charge is 0.392 e. The predicted octanol–water partition coefficient (Wildman–Crippen LogP) is -0.978. The second-order valence-electron chi connectivity index (χ2n) is 3.37. The number of aromatic nitrogens is 2. The van der Waals surface area contributed by atoms with Crippen molar-refractivity contribution < 1.29 is 14.6 Å². The monoisotopic (exact) mass is 242 g/mol. The van der Waals surface area contributed by atoms with Gasteiger partial charge in [0.1, 0.15) is 12.4 Å². The molecule has 1 rings (SSSR count). The Kier molecular flexibility index (Phi) is 4.80. The van der Waals surface area contributed by atoms with E-state index >= 15 is 0 Å². The topological polar surface area (TPSA) is 101 Å². The molecule has 7 nitrogen and oxygen atoms in total. The van der Waals surface area contributed by atoms with Gasteiger partial charge in [0, 0.05) is 12.3 Å². The summed E-state index contributed by atoms with van der Waals surface area (Å²) in [5.74, 6) is 0. The summed E-state index contributed by atoms with van der Waals surface area (Å²) in [5.41, 5.74) is -1.23. The Balaban J connectivity index is 2.97. The highest BCUT2D eigenvalue weighted by molar-refractivity contribution is 5.55. The van der Waals surface area contributed by atoms with E-state index in [4.69, 9.17) is 9.84 Å². The van der Waals surface area contributed by atoms with Crippen LogP contribution in [0.2, 0.25) is 0 Å². The molecule has 0 aliphatic rings. The quantitative estimate of drug-likeness (QED) is 0.624. The molecular weight excluding hydrogens is 228 g/mol. The van der Waals surface area contributed by atoms with E-state index in [0.29, 0.717) is 12.7 Å². The molecule has 17 heavy (non-hydrogen) atoms. The average molecular weight is 242 g/mol. The Morgan fingerprint density at radius 2 is 2.29 bits per heavy atom. The van der Waals surface area contributed by atoms with Gasteiger partial charge in [-0.1, -0.05) is 6.92 Å². The summed E-state index contributed by atoms with van der Waals surface area (Å²) in [5, 5.41) is 9.12. The maximum Gasteiger partial charge on any atom is 0.330 e. The molecule has 0 spiro atoms. The number of hydrogen-bond acceptors (Lipinski definition) is 5. The highest BCUT2D eigenvalue weighted by Crippen LogP contribution is 2.08. The zero-order valence-electron chi connectivity index (χ0n) is 9.33. The van der Waals surface area contributed by atoms with Crippen molar-refractivity contribution >= 4 is 6.29 Å². The fraction of sp³-hybridized carbons (Fsp3) is 0.500. The van der Waals surface area contributed by atoms with E-state index in [9.17, 15) is 14.4 Å². The number of aliphatic hydroxyl groups is 1. The lowest BCUT2D eigenvalue weighted by Crippen LogP contribution is -2.35. The molecule has 0 saturated heterocycles. The summed E-state index contributed by atoms with van der Waals surface area (Å²) in [6, 6.07) is 1.13. The lowest BCUT2D eigenvalue weighted by atomic mass is 10.3. The molecule has 2 N–H and O–H groups in total. The van der Waals surface area contributed by atoms with Crippen LogP contribution in [0.15, 0.2) is 21.9 Å². The average Bonchev–Trinajstić information content (AvgIpc) is 2.32. The van der Waals surface area contributed by atoms with E-state index in [2.05, 4.69) is 0 Å². The Bertz CT molecular complexity index is 478. The molecule has 0 radical (unpaired) electrons. The number of rotatable bonds is 6. The van der Waals surface area contributed by atoms with Gasteiger partial charge in [-0.05, 0) is 6.42 Å². The first-order chi connectivity index (χ1) is 8.12. The van der Waals surface area contributed by atoms with Crippen molar-refractivity contribution in [1.29, 1.82) is 0 Å². The summed E-state index contributed by atoms with van der Waals surface area (Å²) in [6.07, 6.45) is 0.539. The van der Waals surface area contributed by atoms with Gasteiger partial charge in [-0.15, -0.1) is 0 Å². The first-order valence-electron chi connectivity index (χ1n) is 5.15. The minimum Gasteiger partial charge on any atom is -0.392 e. The summed E-state index contributed by atoms with van der Waals surface area (Å²) >= 11 is 0. The van der Waals surface area contributed by atoms with Crippen LogP contribution in [0, 0.1) is 0 Å². The number of hydrogen-bond donors (Lipinski definition) is 2. The Morgan fingerprint density at radius 3 is 2.76 bits per heavy atom. The summed E-state index contributed by atoms with van der Waals surface area (Å²) < 4.78 is 6.25. The lowest BCUT2D eigenvalue weighted by Gasteiger charge is -2.20. The first kappa shape index (κ1) is 13.3. The third-order valence-corrected chi connectivity index (χ3v) is 2.20. The van der Waals surface area contributed by atoms with Crippen molar-refractivity contribution in [2.24, 2.45) is 0 Å². The van der Waals surface area contributed by atoms with Crippen molar-refractivity contribution in [2.45, 2.75) is 25.7 Å². The zero-order valence-corrected chi connectivity index (χ0v) is 9.33. The summed E-state index contributed by atoms with van der Waals surface area (Å²) in [7, 11) is 0. The molecule has 0 saturated carbocycles. The van der Waals surface area contributed by atoms with Crippen molar-refractivity contribution in [3.63, 3.8) is 0 Å². The van der Waals surface area contributed by atoms with E-state index < -0.39 is 30.2 Å². The zero-order chi connectivity index (χ0) is 12.8. The van der Waals surface area contributed by atoms with Gasteiger partial charge in [0.05, 0.1) is 6.61 Å². The van der Waals surface area contributed by atoms with Crippen molar-refractivity contribution in [3.05, 3.63) is 33.1 Å². The number of nitrogens with zero attached hydrogens (tertiary/aromatic N) is 1. The van der Waals surface area contributed by atoms with Gasteiger partial charge in [0.2, 0.25) is 0 Å². The molecule has 7 heteroatoms. The van der Waals surface area contributed by atoms with Crippen LogP contribution >= 0.6 is 0 Å². The van der Waals surface area contributed by atoms with E-state index in [0.717, 1.165) is 10.6 Å². The molecule has 0 aliphatic heterocycles. The molecule has 94 valence electrons. The molecule has 1 heterocycles. The van der Waals surface area contributed by atoms with E-state index in [1.165, 1.54) is 6.20 Å². The fourth-order valence-electron chi connectivity index (χ4n) is 1.28. The number of ether oxygens (including phenoxy) is 1. The summed E-state index contributed by atoms with van der Waals surface area (Å²) in [6.45, 7) is 1.26. The molecule has 0 amide bonds. The van der Waals surface area contributed by atoms with Crippen molar-refractivity contribution in [1.82, 2.24) is 9.55 Å². The minimum absolute atomic E-state index is 0.429. The number of aromatic amines is 1. The van der Waals surface area contributed by atoms with Crippen LogP contribution in [0.1, 0.15) is 19.6 Å². The van der Waals surface area contributed by atoms with Crippen LogP contribution in [0.25, 0.3) is 0 Å². The van der Waals surface area contributed by atoms with Gasteiger partial charge in [0.15, 0.2) is 6.23 Å². The van der Waals surface area contributed by atoms with Crippen LogP contribution in [0.4, 0.5) is 0 Å². The second kappa shape index (κ2) is 6.12. The Morgan fingerprint density at radius 1 is 1.59 bits per heavy atom. The molecule has 0 fully saturated rings. The third-order valence-electron chi connectivity index (χ3n) is 2.20. The Hall–Kier alpha value is -1.73. The molecular formula is C10H14N2O5. The highest BCUT2D eigenvalue weighted by Gasteiger charge is 2.16. The van der Waals surface area contributed by atoms with Gasteiger partial charge in [0.25, 0.3) is 5.56 Å². The fourth-order valence-corrected chi connectivity index (χ4v) is 1.28. The molecule has 1 unspecified atom stereocenters. The maximum absolute atomic E-state index is 11.4. The van der Waals surface area contributed by atoms with Crippen LogP contribution in [0.3, 0.4) is 0 Å². The molecule has 0 aliphatic carbocycles. The molecule has 2 atom stereocenters. The second-order valence-corrected chi connectivity index (χ2v) is 3.37. The number of nitrogens with one attached hydrogen (secondary N) is 1. The number of aldehydes is 1. The number of carbonyl (C=O) groups excluding carboxylic acids is 1. The maximum atomic E-state index is 11.4. The predicted molar refractivity (Wildman–Crippen MR) is 58.7 cm³/mol. The molecule has 0 bridgehead atoms. The third kappa shape index (κ3) is 3.36. The summed E-state index contributed by atoms with van der Waals surface area (Å²) in [4.78, 5) is 34.9. The van der Waals surface area contributed by atoms with Crippen LogP contribution in [-0.4, -0.2) is 33.7 Å². The van der Waals surface area contributed by atoms with Gasteiger partial charge in [-0.25, -0.2) is 4.79 Å². The first-order valence-corrected chi connectivity index (χ1v) is 5.15. The van der Waals surface area contributed by atoms with E-state index in [1.807, 2.05) is 4.98 Å². The number of aliphatic hydroxyl groups excluding tert-OH is 1. The van der Waals surface area contributed by atoms with Crippen molar-refractivity contribution in [3.8, 4) is 0 Å². The number of H-pyrrole nitrogens is 1. The molecule has 1 aromatic rings. The van der Waals surface area contributed by atoms with Crippen LogP contribution in [-0.2, 0) is 9.53 Å². The normalized spacial score (nSPS) is 14.2. The van der Waals surface area contributed by atoms with Crippen LogP contribution < -0.4 is 11.2 Å². The van der Waals surface area contributed by atoms with Gasteiger partial charge >= 0.3 is 5.69 Å². The van der Waals surface area contributed by atoms with Gasteiger partial charge in [-0.3, -0.25) is 14.3 Å². The SMILES string of the molecule is CC[C@H](C=O)OC(CO)n1ccc(=O)[nH]c1=O. The van der Waals surface area contributed by atoms with E-state index in [1.54, 1.807) is 6.92 Å². The van der Waals surface area contributed by atoms with Crippen molar-refractivity contribution in [2.75, 3.05) is 6.61 Å². The van der Waals surface area contributed by atoms with E-state index in [-0.39, 0.29) is 0 Å². The van der Waals surface area contributed by atoms with Gasteiger partial charge in [-0.2, -0.15) is 0 Å². The van der Waals surface area contributed by atoms with Crippen LogP contribution in [0.5, 0.6) is 0 Å². The smallest absolute Gasteiger partial charge is 0.330 e. The standard InChI is InChI=1S/C10H14N2O5/c1-2-7(5-13)17-9(6-14)12-4-3-8(15)11-10(12)16/h3-5,7,9,14H,2,6H2,1H3,(H,11,15,16)/t7-,9?/m1/s1. The van der Waals surface area contributed by atoms with Gasteiger partial charge < -0.3 is 14.6 Å². The molecule has 0 aromatic carbocycles. The highest BCUT2D eigenvalue weighted by atomic mass is 16.5. The number of carbonyl (C=O) groups is 1. The lowest BCUT2D eigenvalue weighted by molar-refractivity contribution is -0.130.